The van der Waals surface area contributed by atoms with Gasteiger partial charge in [-0.1, -0.05) is 18.2 Å². The number of thiophene rings is 1. The van der Waals surface area contributed by atoms with Gasteiger partial charge in [0.05, 0.1) is 5.56 Å². The standard InChI is InChI=1S/C21H23N3O2S/c22-21(25)17-7-10-20(24-15-17)26-18-8-5-16(6-9-18)11-13-23-12-1-3-19-4-2-14-27-19/h2,4-10,14-15,23H,1,3,11-13H2,(H2,22,25). The first kappa shape index (κ1) is 19.1. The van der Waals surface area contributed by atoms with Gasteiger partial charge in [-0.2, -0.15) is 0 Å². The molecule has 0 saturated heterocycles. The van der Waals surface area contributed by atoms with E-state index in [0.29, 0.717) is 17.2 Å². The van der Waals surface area contributed by atoms with E-state index in [-0.39, 0.29) is 0 Å². The van der Waals surface area contributed by atoms with E-state index in [4.69, 9.17) is 10.5 Å². The second-order valence-corrected chi connectivity index (χ2v) is 7.21. The van der Waals surface area contributed by atoms with Crippen LogP contribution in [0.15, 0.2) is 60.1 Å². The zero-order valence-corrected chi connectivity index (χ0v) is 15.9. The summed E-state index contributed by atoms with van der Waals surface area (Å²) in [6.45, 7) is 1.99. The zero-order valence-electron chi connectivity index (χ0n) is 15.1. The Balaban J connectivity index is 1.37. The smallest absolute Gasteiger partial charge is 0.250 e. The fourth-order valence-corrected chi connectivity index (χ4v) is 3.38. The van der Waals surface area contributed by atoms with Crippen LogP contribution in [0.5, 0.6) is 11.6 Å². The van der Waals surface area contributed by atoms with E-state index < -0.39 is 5.91 Å². The molecule has 0 bridgehead atoms. The lowest BCUT2D eigenvalue weighted by atomic mass is 10.1. The van der Waals surface area contributed by atoms with Gasteiger partial charge in [-0.05, 0) is 67.6 Å². The van der Waals surface area contributed by atoms with Crippen LogP contribution in [0.4, 0.5) is 0 Å². The van der Waals surface area contributed by atoms with E-state index in [1.807, 2.05) is 23.5 Å². The first-order valence-electron chi connectivity index (χ1n) is 8.96. The Morgan fingerprint density at radius 3 is 2.59 bits per heavy atom. The fourth-order valence-electron chi connectivity index (χ4n) is 2.63. The number of hydrogen-bond donors (Lipinski definition) is 2. The van der Waals surface area contributed by atoms with E-state index in [9.17, 15) is 4.79 Å². The number of nitrogens with two attached hydrogens (primary N) is 1. The second-order valence-electron chi connectivity index (χ2n) is 6.18. The molecule has 0 unspecified atom stereocenters. The van der Waals surface area contributed by atoms with Crippen LogP contribution < -0.4 is 15.8 Å². The summed E-state index contributed by atoms with van der Waals surface area (Å²) in [6, 6.07) is 15.5. The van der Waals surface area contributed by atoms with Crippen molar-refractivity contribution in [3.8, 4) is 11.6 Å². The van der Waals surface area contributed by atoms with Crippen molar-refractivity contribution in [2.24, 2.45) is 5.73 Å². The Hall–Kier alpha value is -2.70. The summed E-state index contributed by atoms with van der Waals surface area (Å²) in [5.41, 5.74) is 6.81. The van der Waals surface area contributed by atoms with Crippen LogP contribution in [0.2, 0.25) is 0 Å². The quantitative estimate of drug-likeness (QED) is 0.524. The predicted molar refractivity (Wildman–Crippen MR) is 108 cm³/mol. The number of primary amides is 1. The first-order chi connectivity index (χ1) is 13.2. The summed E-state index contributed by atoms with van der Waals surface area (Å²) in [6.07, 6.45) is 4.70. The summed E-state index contributed by atoms with van der Waals surface area (Å²) in [7, 11) is 0. The number of rotatable bonds is 10. The summed E-state index contributed by atoms with van der Waals surface area (Å²) in [5.74, 6) is 0.640. The van der Waals surface area contributed by atoms with Crippen molar-refractivity contribution in [3.63, 3.8) is 0 Å². The molecule has 140 valence electrons. The van der Waals surface area contributed by atoms with Gasteiger partial charge in [0.1, 0.15) is 5.75 Å². The summed E-state index contributed by atoms with van der Waals surface area (Å²) < 4.78 is 5.68. The lowest BCUT2D eigenvalue weighted by molar-refractivity contribution is 0.1000. The molecule has 0 saturated carbocycles. The molecule has 0 aliphatic heterocycles. The van der Waals surface area contributed by atoms with Crippen molar-refractivity contribution in [1.29, 1.82) is 0 Å². The maximum Gasteiger partial charge on any atom is 0.250 e. The lowest BCUT2D eigenvalue weighted by Gasteiger charge is -2.07. The van der Waals surface area contributed by atoms with Crippen LogP contribution in [0.25, 0.3) is 0 Å². The van der Waals surface area contributed by atoms with Gasteiger partial charge in [0.15, 0.2) is 0 Å². The molecule has 5 nitrogen and oxygen atoms in total. The summed E-state index contributed by atoms with van der Waals surface area (Å²) in [5, 5.41) is 5.62. The number of pyridine rings is 1. The molecular weight excluding hydrogens is 358 g/mol. The van der Waals surface area contributed by atoms with Crippen molar-refractivity contribution in [1.82, 2.24) is 10.3 Å². The Morgan fingerprint density at radius 2 is 1.93 bits per heavy atom. The number of carbonyl (C=O) groups is 1. The number of aryl methyl sites for hydroxylation is 1. The average Bonchev–Trinajstić information content (AvgIpc) is 3.20. The molecule has 0 radical (unpaired) electrons. The maximum atomic E-state index is 11.0. The summed E-state index contributed by atoms with van der Waals surface area (Å²) >= 11 is 1.82. The molecule has 3 rings (SSSR count). The van der Waals surface area contributed by atoms with Gasteiger partial charge in [-0.3, -0.25) is 4.79 Å². The van der Waals surface area contributed by atoms with Gasteiger partial charge < -0.3 is 15.8 Å². The predicted octanol–water partition coefficient (Wildman–Crippen LogP) is 3.80. The average molecular weight is 382 g/mol. The number of benzene rings is 1. The number of aromatic nitrogens is 1. The SMILES string of the molecule is NC(=O)c1ccc(Oc2ccc(CCNCCCc3cccs3)cc2)nc1. The molecule has 2 aromatic heterocycles. The third kappa shape index (κ3) is 6.20. The highest BCUT2D eigenvalue weighted by Gasteiger charge is 2.03. The van der Waals surface area contributed by atoms with Crippen molar-refractivity contribution in [3.05, 3.63) is 76.1 Å². The number of hydrogen-bond acceptors (Lipinski definition) is 5. The molecule has 0 aliphatic rings. The molecule has 3 aromatic rings. The minimum absolute atomic E-state index is 0.362. The number of nitrogens with zero attached hydrogens (tertiary/aromatic N) is 1. The normalized spacial score (nSPS) is 10.7. The Labute approximate surface area is 163 Å². The minimum atomic E-state index is -0.501. The number of nitrogens with one attached hydrogen (secondary N) is 1. The largest absolute Gasteiger partial charge is 0.439 e. The van der Waals surface area contributed by atoms with Crippen molar-refractivity contribution < 1.29 is 9.53 Å². The molecule has 0 atom stereocenters. The van der Waals surface area contributed by atoms with Crippen LogP contribution in [-0.2, 0) is 12.8 Å². The van der Waals surface area contributed by atoms with Crippen LogP contribution in [-0.4, -0.2) is 24.0 Å². The molecule has 6 heteroatoms. The van der Waals surface area contributed by atoms with Gasteiger partial charge in [0.2, 0.25) is 11.8 Å². The van der Waals surface area contributed by atoms with E-state index >= 15 is 0 Å². The third-order valence-electron chi connectivity index (χ3n) is 4.11. The molecule has 27 heavy (non-hydrogen) atoms. The molecule has 0 aliphatic carbocycles. The molecule has 0 fully saturated rings. The molecule has 2 heterocycles. The number of amides is 1. The summed E-state index contributed by atoms with van der Waals surface area (Å²) in [4.78, 5) is 16.6. The highest BCUT2D eigenvalue weighted by atomic mass is 32.1. The zero-order chi connectivity index (χ0) is 18.9. The molecule has 1 aromatic carbocycles. The highest BCUT2D eigenvalue weighted by molar-refractivity contribution is 7.09. The molecular formula is C21H23N3O2S. The van der Waals surface area contributed by atoms with Gasteiger partial charge in [-0.15, -0.1) is 11.3 Å². The van der Waals surface area contributed by atoms with Gasteiger partial charge in [0, 0.05) is 17.1 Å². The van der Waals surface area contributed by atoms with Crippen LogP contribution in [0.3, 0.4) is 0 Å². The maximum absolute atomic E-state index is 11.0. The van der Waals surface area contributed by atoms with E-state index in [1.54, 1.807) is 12.1 Å². The molecule has 1 amide bonds. The Kier molecular flexibility index (Phi) is 6.96. The van der Waals surface area contributed by atoms with Gasteiger partial charge in [0.25, 0.3) is 0 Å². The lowest BCUT2D eigenvalue weighted by Crippen LogP contribution is -2.18. The third-order valence-corrected chi connectivity index (χ3v) is 5.05. The topological polar surface area (TPSA) is 77.2 Å². The minimum Gasteiger partial charge on any atom is -0.439 e. The Morgan fingerprint density at radius 1 is 1.07 bits per heavy atom. The second kappa shape index (κ2) is 9.85. The molecule has 0 spiro atoms. The van der Waals surface area contributed by atoms with Crippen molar-refractivity contribution in [2.45, 2.75) is 19.3 Å². The van der Waals surface area contributed by atoms with Gasteiger partial charge in [-0.25, -0.2) is 4.98 Å². The van der Waals surface area contributed by atoms with Crippen LogP contribution in [0.1, 0.15) is 27.2 Å². The van der Waals surface area contributed by atoms with Crippen molar-refractivity contribution in [2.75, 3.05) is 13.1 Å². The number of carbonyl (C=O) groups excluding carboxylic acids is 1. The van der Waals surface area contributed by atoms with E-state index in [2.05, 4.69) is 39.9 Å². The van der Waals surface area contributed by atoms with Gasteiger partial charge >= 0.3 is 0 Å². The molecule has 3 N–H and O–H groups in total. The fraction of sp³-hybridized carbons (Fsp3) is 0.238. The monoisotopic (exact) mass is 381 g/mol. The van der Waals surface area contributed by atoms with Crippen LogP contribution in [0, 0.1) is 0 Å². The Bertz CT molecular complexity index is 831. The van der Waals surface area contributed by atoms with Crippen molar-refractivity contribution >= 4 is 17.2 Å². The van der Waals surface area contributed by atoms with E-state index in [1.165, 1.54) is 16.6 Å². The van der Waals surface area contributed by atoms with Crippen LogP contribution >= 0.6 is 11.3 Å². The first-order valence-corrected chi connectivity index (χ1v) is 9.84. The highest BCUT2D eigenvalue weighted by Crippen LogP contribution is 2.20. The number of ether oxygens (including phenoxy) is 1. The van der Waals surface area contributed by atoms with E-state index in [0.717, 1.165) is 32.4 Å².